The highest BCUT2D eigenvalue weighted by atomic mass is 79.9. The van der Waals surface area contributed by atoms with Gasteiger partial charge < -0.3 is 4.74 Å². The fourth-order valence-corrected chi connectivity index (χ4v) is 4.56. The van der Waals surface area contributed by atoms with Crippen LogP contribution in [-0.4, -0.2) is 17.5 Å². The van der Waals surface area contributed by atoms with E-state index in [0.29, 0.717) is 10.9 Å². The van der Waals surface area contributed by atoms with E-state index < -0.39 is 0 Å². The Morgan fingerprint density at radius 3 is 2.40 bits per heavy atom. The van der Waals surface area contributed by atoms with Crippen molar-refractivity contribution in [3.63, 3.8) is 0 Å². The van der Waals surface area contributed by atoms with Crippen LogP contribution in [0.3, 0.4) is 0 Å². The molecule has 158 valence electrons. The minimum Gasteiger partial charge on any atom is -0.483 e. The van der Waals surface area contributed by atoms with E-state index in [1.807, 2.05) is 42.5 Å². The average molecular weight is 552 g/mol. The molecule has 2 aromatic carbocycles. The van der Waals surface area contributed by atoms with Crippen molar-refractivity contribution in [1.29, 1.82) is 0 Å². The Kier molecular flexibility index (Phi) is 7.37. The summed E-state index contributed by atoms with van der Waals surface area (Å²) in [6.45, 7) is 8.37. The fourth-order valence-electron chi connectivity index (χ4n) is 2.99. The maximum atomic E-state index is 12.5. The van der Waals surface area contributed by atoms with E-state index in [0.717, 1.165) is 37.1 Å². The number of hydrogen-bond acceptors (Lipinski definition) is 4. The molecule has 3 rings (SSSR count). The summed E-state index contributed by atoms with van der Waals surface area (Å²) in [5.41, 5.74) is 2.90. The van der Waals surface area contributed by atoms with Crippen molar-refractivity contribution < 1.29 is 9.53 Å². The Morgan fingerprint density at radius 1 is 1.10 bits per heavy atom. The van der Waals surface area contributed by atoms with Crippen molar-refractivity contribution in [2.24, 2.45) is 0 Å². The van der Waals surface area contributed by atoms with Crippen LogP contribution in [0.5, 0.6) is 5.75 Å². The summed E-state index contributed by atoms with van der Waals surface area (Å²) in [5.74, 6) is 0.487. The first-order chi connectivity index (χ1) is 14.2. The Hall–Kier alpha value is -1.70. The van der Waals surface area contributed by atoms with Crippen LogP contribution in [0.15, 0.2) is 51.4 Å². The molecule has 0 saturated carbocycles. The molecule has 1 N–H and O–H groups in total. The Morgan fingerprint density at radius 2 is 1.77 bits per heavy atom. The number of nitrogens with zero attached hydrogens (tertiary/aromatic N) is 1. The molecular formula is C23H24Br2N2O2S. The molecule has 7 heteroatoms. The van der Waals surface area contributed by atoms with E-state index in [9.17, 15) is 4.79 Å². The molecule has 1 amide bonds. The van der Waals surface area contributed by atoms with Crippen LogP contribution in [0.25, 0.3) is 11.3 Å². The number of amides is 1. The van der Waals surface area contributed by atoms with Gasteiger partial charge in [0.1, 0.15) is 5.75 Å². The van der Waals surface area contributed by atoms with Gasteiger partial charge in [-0.15, -0.1) is 11.3 Å². The van der Waals surface area contributed by atoms with Gasteiger partial charge in [0.25, 0.3) is 5.91 Å². The molecule has 0 aliphatic carbocycles. The number of carbonyl (C=O) groups is 1. The van der Waals surface area contributed by atoms with E-state index in [2.05, 4.69) is 69.9 Å². The van der Waals surface area contributed by atoms with E-state index >= 15 is 0 Å². The molecule has 1 heterocycles. The Bertz CT molecular complexity index is 1040. The number of thiazole rings is 1. The van der Waals surface area contributed by atoms with Crippen molar-refractivity contribution in [2.45, 2.75) is 39.5 Å². The Balaban J connectivity index is 1.71. The van der Waals surface area contributed by atoms with Gasteiger partial charge in [-0.05, 0) is 42.2 Å². The first-order valence-corrected chi connectivity index (χ1v) is 12.1. The Labute approximate surface area is 198 Å². The van der Waals surface area contributed by atoms with Crippen molar-refractivity contribution in [3.05, 3.63) is 61.9 Å². The van der Waals surface area contributed by atoms with E-state index in [1.165, 1.54) is 11.3 Å². The van der Waals surface area contributed by atoms with Gasteiger partial charge in [0.2, 0.25) is 0 Å². The molecule has 0 aliphatic rings. The second-order valence-corrected chi connectivity index (χ2v) is 10.8. The maximum absolute atomic E-state index is 12.5. The topological polar surface area (TPSA) is 51.2 Å². The number of anilines is 1. The summed E-state index contributed by atoms with van der Waals surface area (Å²) in [6, 6.07) is 13.9. The average Bonchev–Trinajstić information content (AvgIpc) is 3.09. The molecule has 0 saturated heterocycles. The number of benzene rings is 2. The summed E-state index contributed by atoms with van der Waals surface area (Å²) >= 11 is 8.47. The molecule has 0 radical (unpaired) electrons. The molecule has 0 unspecified atom stereocenters. The summed E-state index contributed by atoms with van der Waals surface area (Å²) in [6.07, 6.45) is 0.850. The van der Waals surface area contributed by atoms with Gasteiger partial charge in [0.05, 0.1) is 5.69 Å². The van der Waals surface area contributed by atoms with E-state index in [4.69, 9.17) is 4.74 Å². The number of aryl methyl sites for hydroxylation is 1. The summed E-state index contributed by atoms with van der Waals surface area (Å²) in [7, 11) is 0. The predicted octanol–water partition coefficient (Wildman–Crippen LogP) is 7.21. The van der Waals surface area contributed by atoms with Gasteiger partial charge in [-0.2, -0.15) is 0 Å². The van der Waals surface area contributed by atoms with Crippen LogP contribution >= 0.6 is 43.2 Å². The molecular weight excluding hydrogens is 528 g/mol. The van der Waals surface area contributed by atoms with Crippen molar-refractivity contribution in [1.82, 2.24) is 4.98 Å². The third-order valence-corrected chi connectivity index (χ3v) is 6.63. The third-order valence-electron chi connectivity index (χ3n) is 4.49. The van der Waals surface area contributed by atoms with Crippen LogP contribution in [0.4, 0.5) is 5.13 Å². The highest BCUT2D eigenvalue weighted by Gasteiger charge is 2.20. The molecule has 0 fully saturated rings. The molecule has 4 nitrogen and oxygen atoms in total. The van der Waals surface area contributed by atoms with Gasteiger partial charge in [-0.25, -0.2) is 4.98 Å². The number of carbonyl (C=O) groups excluding carboxylic acids is 1. The zero-order chi connectivity index (χ0) is 21.9. The standard InChI is InChI=1S/C23H24Br2N2O2S/c1-5-19-21(14-6-8-15(24)9-7-14)27-22(30-19)26-20(28)13-29-18-11-10-16(25)12-17(18)23(2,3)4/h6-12H,5,13H2,1-4H3,(H,26,27,28). The molecule has 0 spiro atoms. The summed E-state index contributed by atoms with van der Waals surface area (Å²) in [5, 5.41) is 3.47. The van der Waals surface area contributed by atoms with Gasteiger partial charge in [-0.3, -0.25) is 10.1 Å². The number of rotatable bonds is 6. The van der Waals surface area contributed by atoms with Crippen LogP contribution in [0, 0.1) is 0 Å². The zero-order valence-electron chi connectivity index (χ0n) is 17.4. The second kappa shape index (κ2) is 9.62. The van der Waals surface area contributed by atoms with Gasteiger partial charge in [0, 0.05) is 24.9 Å². The smallest absolute Gasteiger partial charge is 0.264 e. The van der Waals surface area contributed by atoms with Crippen LogP contribution in [0.2, 0.25) is 0 Å². The van der Waals surface area contributed by atoms with Crippen molar-refractivity contribution in [3.8, 4) is 17.0 Å². The van der Waals surface area contributed by atoms with Gasteiger partial charge >= 0.3 is 0 Å². The zero-order valence-corrected chi connectivity index (χ0v) is 21.4. The van der Waals surface area contributed by atoms with Crippen molar-refractivity contribution in [2.75, 3.05) is 11.9 Å². The lowest BCUT2D eigenvalue weighted by Gasteiger charge is -2.23. The van der Waals surface area contributed by atoms with Crippen molar-refractivity contribution >= 4 is 54.2 Å². The summed E-state index contributed by atoms with van der Waals surface area (Å²) in [4.78, 5) is 18.3. The molecule has 0 bridgehead atoms. The van der Waals surface area contributed by atoms with Crippen LogP contribution in [-0.2, 0) is 16.6 Å². The SMILES string of the molecule is CCc1sc(NC(=O)COc2ccc(Br)cc2C(C)(C)C)nc1-c1ccc(Br)cc1. The lowest BCUT2D eigenvalue weighted by Crippen LogP contribution is -2.22. The molecule has 0 aliphatic heterocycles. The van der Waals surface area contributed by atoms with Gasteiger partial charge in [0.15, 0.2) is 11.7 Å². The molecule has 30 heavy (non-hydrogen) atoms. The van der Waals surface area contributed by atoms with E-state index in [-0.39, 0.29) is 17.9 Å². The number of halogens is 2. The van der Waals surface area contributed by atoms with E-state index in [1.54, 1.807) is 0 Å². The van der Waals surface area contributed by atoms with Crippen LogP contribution in [0.1, 0.15) is 38.1 Å². The first kappa shape index (κ1) is 23.0. The minimum absolute atomic E-state index is 0.0701. The lowest BCUT2D eigenvalue weighted by atomic mass is 9.86. The number of aromatic nitrogens is 1. The lowest BCUT2D eigenvalue weighted by molar-refractivity contribution is -0.118. The third kappa shape index (κ3) is 5.71. The minimum atomic E-state index is -0.225. The monoisotopic (exact) mass is 550 g/mol. The predicted molar refractivity (Wildman–Crippen MR) is 132 cm³/mol. The quantitative estimate of drug-likeness (QED) is 0.352. The number of hydrogen-bond donors (Lipinski definition) is 1. The largest absolute Gasteiger partial charge is 0.483 e. The normalized spacial score (nSPS) is 11.4. The highest BCUT2D eigenvalue weighted by molar-refractivity contribution is 9.10. The fraction of sp³-hybridized carbons (Fsp3) is 0.304. The first-order valence-electron chi connectivity index (χ1n) is 9.65. The number of nitrogens with one attached hydrogen (secondary N) is 1. The van der Waals surface area contributed by atoms with Crippen LogP contribution < -0.4 is 10.1 Å². The highest BCUT2D eigenvalue weighted by Crippen LogP contribution is 2.34. The maximum Gasteiger partial charge on any atom is 0.264 e. The number of ether oxygens (including phenoxy) is 1. The molecule has 0 atom stereocenters. The molecule has 1 aromatic heterocycles. The second-order valence-electron chi connectivity index (χ2n) is 7.88. The van der Waals surface area contributed by atoms with Gasteiger partial charge in [-0.1, -0.05) is 71.7 Å². The summed E-state index contributed by atoms with van der Waals surface area (Å²) < 4.78 is 7.86. The molecule has 3 aromatic rings.